The summed E-state index contributed by atoms with van der Waals surface area (Å²) in [5.41, 5.74) is -0.413. The van der Waals surface area contributed by atoms with Crippen LogP contribution in [0, 0.1) is 11.7 Å². The average molecular weight is 354 g/mol. The van der Waals surface area contributed by atoms with E-state index in [1.54, 1.807) is 0 Å². The fourth-order valence-corrected chi connectivity index (χ4v) is 3.48. The predicted octanol–water partition coefficient (Wildman–Crippen LogP) is 3.33. The van der Waals surface area contributed by atoms with E-state index in [1.807, 2.05) is 6.92 Å². The third-order valence-corrected chi connectivity index (χ3v) is 4.95. The molecule has 21 heavy (non-hydrogen) atoms. The molecule has 1 aromatic carbocycles. The lowest BCUT2D eigenvalue weighted by Crippen LogP contribution is -2.28. The summed E-state index contributed by atoms with van der Waals surface area (Å²) in [6.45, 7) is 2.05. The Kier molecular flexibility index (Phi) is 4.80. The Morgan fingerprint density at radius 1 is 1.48 bits per heavy atom. The average Bonchev–Trinajstić information content (AvgIpc) is 3.08. The molecule has 116 valence electrons. The molecule has 0 bridgehead atoms. The molecule has 2 unspecified atom stereocenters. The highest BCUT2D eigenvalue weighted by Gasteiger charge is 2.38. The Labute approximate surface area is 132 Å². The highest BCUT2D eigenvalue weighted by atomic mass is 35.7. The molecule has 2 rings (SSSR count). The van der Waals surface area contributed by atoms with E-state index in [-0.39, 0.29) is 11.1 Å². The van der Waals surface area contributed by atoms with E-state index in [9.17, 15) is 17.6 Å². The number of carbonyl (C=O) groups excluding carboxylic acids is 1. The first-order chi connectivity index (χ1) is 9.74. The van der Waals surface area contributed by atoms with E-state index in [0.29, 0.717) is 5.92 Å². The van der Waals surface area contributed by atoms with E-state index in [4.69, 9.17) is 22.3 Å². The Balaban J connectivity index is 2.24. The second kappa shape index (κ2) is 6.10. The number of hydrogen-bond acceptors (Lipinski definition) is 3. The molecule has 4 nitrogen and oxygen atoms in total. The molecule has 0 spiro atoms. The molecular weight excluding hydrogens is 340 g/mol. The van der Waals surface area contributed by atoms with Gasteiger partial charge in [0.2, 0.25) is 0 Å². The minimum Gasteiger partial charge on any atom is -0.349 e. The summed E-state index contributed by atoms with van der Waals surface area (Å²) in [5, 5.41) is 2.61. The summed E-state index contributed by atoms with van der Waals surface area (Å²) >= 11 is 5.73. The molecule has 1 aromatic rings. The molecule has 0 aromatic heterocycles. The van der Waals surface area contributed by atoms with Crippen LogP contribution in [0.15, 0.2) is 17.0 Å². The van der Waals surface area contributed by atoms with Gasteiger partial charge in [-0.3, -0.25) is 4.79 Å². The van der Waals surface area contributed by atoms with Gasteiger partial charge in [-0.25, -0.2) is 12.8 Å². The van der Waals surface area contributed by atoms with Crippen molar-refractivity contribution in [1.29, 1.82) is 0 Å². The van der Waals surface area contributed by atoms with Crippen LogP contribution in [0.4, 0.5) is 4.39 Å². The number of hydrogen-bond donors (Lipinski definition) is 1. The van der Waals surface area contributed by atoms with Crippen LogP contribution in [-0.4, -0.2) is 20.4 Å². The first-order valence-electron chi connectivity index (χ1n) is 6.48. The molecule has 1 amide bonds. The molecule has 1 aliphatic rings. The number of nitrogens with one attached hydrogen (secondary N) is 1. The maximum absolute atomic E-state index is 14.1. The summed E-state index contributed by atoms with van der Waals surface area (Å²) < 4.78 is 36.7. The van der Waals surface area contributed by atoms with Gasteiger partial charge in [-0.2, -0.15) is 0 Å². The first-order valence-corrected chi connectivity index (χ1v) is 9.17. The monoisotopic (exact) mass is 353 g/mol. The van der Waals surface area contributed by atoms with E-state index in [2.05, 4.69) is 5.32 Å². The lowest BCUT2D eigenvalue weighted by Gasteiger charge is -2.08. The molecule has 1 fully saturated rings. The number of benzene rings is 1. The van der Waals surface area contributed by atoms with Gasteiger partial charge in [0.1, 0.15) is 4.90 Å². The summed E-state index contributed by atoms with van der Waals surface area (Å²) in [4.78, 5) is 11.3. The Hall–Kier alpha value is -0.850. The topological polar surface area (TPSA) is 63.2 Å². The standard InChI is InChI=1S/C13H14Cl2FNO3S/c1-2-3-7-4-10(7)17-13(18)9-5-8(14)6-11(12(9)16)21(15,19)20/h5-7,10H,2-4H2,1H3,(H,17,18). The van der Waals surface area contributed by atoms with E-state index >= 15 is 0 Å². The van der Waals surface area contributed by atoms with Gasteiger partial charge in [-0.1, -0.05) is 24.9 Å². The minimum atomic E-state index is -4.31. The normalized spacial score (nSPS) is 21.1. The van der Waals surface area contributed by atoms with Gasteiger partial charge in [0, 0.05) is 21.7 Å². The zero-order valence-electron chi connectivity index (χ0n) is 11.2. The minimum absolute atomic E-state index is 0.00638. The Morgan fingerprint density at radius 3 is 2.71 bits per heavy atom. The Morgan fingerprint density at radius 2 is 2.14 bits per heavy atom. The van der Waals surface area contributed by atoms with Crippen molar-refractivity contribution >= 4 is 37.2 Å². The second-order valence-electron chi connectivity index (χ2n) is 5.07. The van der Waals surface area contributed by atoms with E-state index in [0.717, 1.165) is 31.4 Å². The molecule has 1 N–H and O–H groups in total. The van der Waals surface area contributed by atoms with Crippen molar-refractivity contribution in [3.63, 3.8) is 0 Å². The van der Waals surface area contributed by atoms with Crippen LogP contribution >= 0.6 is 22.3 Å². The van der Waals surface area contributed by atoms with Gasteiger partial charge in [0.25, 0.3) is 15.0 Å². The van der Waals surface area contributed by atoms with Crippen LogP contribution in [0.25, 0.3) is 0 Å². The number of rotatable bonds is 5. The van der Waals surface area contributed by atoms with Crippen LogP contribution in [-0.2, 0) is 9.05 Å². The number of halogens is 3. The quantitative estimate of drug-likeness (QED) is 0.825. The molecule has 0 radical (unpaired) electrons. The zero-order chi connectivity index (χ0) is 15.8. The molecule has 1 aliphatic carbocycles. The van der Waals surface area contributed by atoms with Crippen LogP contribution in [0.1, 0.15) is 36.5 Å². The van der Waals surface area contributed by atoms with Gasteiger partial charge in [-0.05, 0) is 30.9 Å². The van der Waals surface area contributed by atoms with Crippen molar-refractivity contribution in [3.8, 4) is 0 Å². The van der Waals surface area contributed by atoms with Crippen molar-refractivity contribution in [3.05, 3.63) is 28.5 Å². The third-order valence-electron chi connectivity index (χ3n) is 3.41. The van der Waals surface area contributed by atoms with E-state index < -0.39 is 31.2 Å². The first kappa shape index (κ1) is 16.5. The molecule has 8 heteroatoms. The number of amides is 1. The van der Waals surface area contributed by atoms with Crippen LogP contribution in [0.5, 0.6) is 0 Å². The van der Waals surface area contributed by atoms with Crippen molar-refractivity contribution in [1.82, 2.24) is 5.32 Å². The number of carbonyl (C=O) groups is 1. The van der Waals surface area contributed by atoms with Gasteiger partial charge in [0.15, 0.2) is 5.82 Å². The second-order valence-corrected chi connectivity index (χ2v) is 8.04. The SMILES string of the molecule is CCCC1CC1NC(=O)c1cc(Cl)cc(S(=O)(=O)Cl)c1F. The summed E-state index contributed by atoms with van der Waals surface area (Å²) in [7, 11) is 0.825. The van der Waals surface area contributed by atoms with Gasteiger partial charge in [0.05, 0.1) is 5.56 Å². The lowest BCUT2D eigenvalue weighted by atomic mass is 10.2. The molecule has 0 heterocycles. The van der Waals surface area contributed by atoms with Crippen LogP contribution < -0.4 is 5.32 Å². The van der Waals surface area contributed by atoms with Crippen LogP contribution in [0.3, 0.4) is 0 Å². The van der Waals surface area contributed by atoms with Gasteiger partial charge >= 0.3 is 0 Å². The third kappa shape index (κ3) is 3.87. The fourth-order valence-electron chi connectivity index (χ4n) is 2.27. The predicted molar refractivity (Wildman–Crippen MR) is 78.7 cm³/mol. The maximum atomic E-state index is 14.1. The molecule has 0 aliphatic heterocycles. The van der Waals surface area contributed by atoms with Crippen molar-refractivity contribution < 1.29 is 17.6 Å². The van der Waals surface area contributed by atoms with Crippen LogP contribution in [0.2, 0.25) is 5.02 Å². The van der Waals surface area contributed by atoms with E-state index in [1.165, 1.54) is 0 Å². The highest BCUT2D eigenvalue weighted by Crippen LogP contribution is 2.35. The summed E-state index contributed by atoms with van der Waals surface area (Å²) in [6.07, 6.45) is 2.85. The van der Waals surface area contributed by atoms with Gasteiger partial charge < -0.3 is 5.32 Å². The fraction of sp³-hybridized carbons (Fsp3) is 0.462. The Bertz CT molecular complexity index is 678. The lowest BCUT2D eigenvalue weighted by molar-refractivity contribution is 0.0944. The molecular formula is C13H14Cl2FNO3S. The summed E-state index contributed by atoms with van der Waals surface area (Å²) in [6, 6.07) is 1.98. The van der Waals surface area contributed by atoms with Gasteiger partial charge in [-0.15, -0.1) is 0 Å². The molecule has 2 atom stereocenters. The highest BCUT2D eigenvalue weighted by molar-refractivity contribution is 8.13. The zero-order valence-corrected chi connectivity index (χ0v) is 13.5. The molecule has 1 saturated carbocycles. The van der Waals surface area contributed by atoms with Crippen molar-refractivity contribution in [2.75, 3.05) is 0 Å². The largest absolute Gasteiger partial charge is 0.349 e. The molecule has 0 saturated heterocycles. The van der Waals surface area contributed by atoms with Crippen molar-refractivity contribution in [2.24, 2.45) is 5.92 Å². The maximum Gasteiger partial charge on any atom is 0.264 e. The smallest absolute Gasteiger partial charge is 0.264 e. The van der Waals surface area contributed by atoms with Crippen molar-refractivity contribution in [2.45, 2.75) is 37.1 Å². The summed E-state index contributed by atoms with van der Waals surface area (Å²) in [5.74, 6) is -1.46.